The number of alkyl halides is 3. The molecule has 1 atom stereocenters. The van der Waals surface area contributed by atoms with Crippen molar-refractivity contribution in [3.8, 4) is 11.9 Å². The molecule has 2 heterocycles. The zero-order chi connectivity index (χ0) is 18.0. The maximum absolute atomic E-state index is 12.5. The first-order valence-electron chi connectivity index (χ1n) is 7.52. The fourth-order valence-corrected chi connectivity index (χ4v) is 3.16. The van der Waals surface area contributed by atoms with E-state index in [2.05, 4.69) is 27.0 Å². The molecule has 0 amide bonds. The van der Waals surface area contributed by atoms with Crippen LogP contribution < -0.4 is 9.64 Å². The number of benzene rings is 1. The summed E-state index contributed by atoms with van der Waals surface area (Å²) in [4.78, 5) is 5.76. The van der Waals surface area contributed by atoms with Gasteiger partial charge in [-0.3, -0.25) is 0 Å². The molecule has 25 heavy (non-hydrogen) atoms. The lowest BCUT2D eigenvalue weighted by molar-refractivity contribution is -0.137. The molecule has 3 rings (SSSR count). The molecule has 1 aliphatic rings. The van der Waals surface area contributed by atoms with E-state index in [1.165, 1.54) is 6.07 Å². The number of aromatic nitrogens is 1. The van der Waals surface area contributed by atoms with Crippen molar-refractivity contribution in [3.63, 3.8) is 0 Å². The lowest BCUT2D eigenvalue weighted by atomic mass is 10.2. The van der Waals surface area contributed by atoms with Crippen LogP contribution in [-0.2, 0) is 6.18 Å². The molecule has 0 radical (unpaired) electrons. The fraction of sp³-hybridized carbons (Fsp3) is 0.294. The molecule has 1 unspecified atom stereocenters. The average Bonchev–Trinajstić information content (AvgIpc) is 3.02. The predicted molar refractivity (Wildman–Crippen MR) is 89.3 cm³/mol. The lowest BCUT2D eigenvalue weighted by Gasteiger charge is -2.20. The molecule has 0 aliphatic carbocycles. The summed E-state index contributed by atoms with van der Waals surface area (Å²) in [5.74, 6) is 0.162. The van der Waals surface area contributed by atoms with Gasteiger partial charge in [0.15, 0.2) is 0 Å². The Kier molecular flexibility index (Phi) is 4.86. The van der Waals surface area contributed by atoms with Gasteiger partial charge in [0, 0.05) is 29.7 Å². The highest BCUT2D eigenvalue weighted by molar-refractivity contribution is 9.10. The summed E-state index contributed by atoms with van der Waals surface area (Å²) >= 11 is 3.36. The summed E-state index contributed by atoms with van der Waals surface area (Å²) in [6.07, 6.45) is -3.15. The van der Waals surface area contributed by atoms with Gasteiger partial charge < -0.3 is 9.64 Å². The summed E-state index contributed by atoms with van der Waals surface area (Å²) in [7, 11) is 0. The summed E-state index contributed by atoms with van der Waals surface area (Å²) in [6.45, 7) is 1.23. The van der Waals surface area contributed by atoms with Gasteiger partial charge in [0.2, 0.25) is 5.88 Å². The van der Waals surface area contributed by atoms with E-state index < -0.39 is 11.7 Å². The Balaban J connectivity index is 1.68. The van der Waals surface area contributed by atoms with Crippen molar-refractivity contribution in [2.24, 2.45) is 0 Å². The summed E-state index contributed by atoms with van der Waals surface area (Å²) in [5.41, 5.74) is 0.555. The molecule has 4 nitrogen and oxygen atoms in total. The van der Waals surface area contributed by atoms with Gasteiger partial charge in [-0.2, -0.15) is 18.4 Å². The van der Waals surface area contributed by atoms with Crippen LogP contribution >= 0.6 is 15.9 Å². The van der Waals surface area contributed by atoms with E-state index in [9.17, 15) is 18.4 Å². The van der Waals surface area contributed by atoms with Gasteiger partial charge >= 0.3 is 6.18 Å². The lowest BCUT2D eigenvalue weighted by Crippen LogP contribution is -2.25. The molecule has 1 aromatic heterocycles. The van der Waals surface area contributed by atoms with Crippen molar-refractivity contribution < 1.29 is 17.9 Å². The fourth-order valence-electron chi connectivity index (χ4n) is 2.72. The zero-order valence-electron chi connectivity index (χ0n) is 12.9. The molecular formula is C17H13BrF3N3O. The third-order valence-electron chi connectivity index (χ3n) is 3.94. The second kappa shape index (κ2) is 6.92. The van der Waals surface area contributed by atoms with Crippen LogP contribution in [0.25, 0.3) is 0 Å². The van der Waals surface area contributed by atoms with E-state index in [-0.39, 0.29) is 12.0 Å². The van der Waals surface area contributed by atoms with Crippen LogP contribution in [0.3, 0.4) is 0 Å². The van der Waals surface area contributed by atoms with Crippen LogP contribution in [0, 0.1) is 11.3 Å². The summed E-state index contributed by atoms with van der Waals surface area (Å²) in [6, 6.07) is 9.88. The van der Waals surface area contributed by atoms with Crippen molar-refractivity contribution >= 4 is 21.6 Å². The SMILES string of the molecule is N#Cc1c(Br)cccc1N1CCC(Oc2ccc(C(F)(F)F)cn2)C1. The minimum atomic E-state index is -4.41. The first-order chi connectivity index (χ1) is 11.9. The van der Waals surface area contributed by atoms with E-state index in [4.69, 9.17) is 4.74 Å². The minimum Gasteiger partial charge on any atom is -0.472 e. The quantitative estimate of drug-likeness (QED) is 0.751. The molecule has 8 heteroatoms. The maximum atomic E-state index is 12.5. The molecule has 1 aliphatic heterocycles. The molecule has 0 saturated carbocycles. The highest BCUT2D eigenvalue weighted by Gasteiger charge is 2.31. The number of ether oxygens (including phenoxy) is 1. The molecule has 2 aromatic rings. The number of hydrogen-bond donors (Lipinski definition) is 0. The smallest absolute Gasteiger partial charge is 0.417 e. The van der Waals surface area contributed by atoms with E-state index in [1.807, 2.05) is 17.0 Å². The largest absolute Gasteiger partial charge is 0.472 e. The van der Waals surface area contributed by atoms with Gasteiger partial charge in [0.05, 0.1) is 23.4 Å². The normalized spacial score (nSPS) is 17.4. The molecule has 0 N–H and O–H groups in total. The first-order valence-corrected chi connectivity index (χ1v) is 8.31. The molecule has 1 saturated heterocycles. The summed E-state index contributed by atoms with van der Waals surface area (Å²) < 4.78 is 44.1. The topological polar surface area (TPSA) is 49.2 Å². The van der Waals surface area contributed by atoms with Gasteiger partial charge in [0.25, 0.3) is 0 Å². The van der Waals surface area contributed by atoms with Crippen LogP contribution in [-0.4, -0.2) is 24.2 Å². The van der Waals surface area contributed by atoms with Crippen molar-refractivity contribution in [1.82, 2.24) is 4.98 Å². The monoisotopic (exact) mass is 411 g/mol. The van der Waals surface area contributed by atoms with E-state index in [0.717, 1.165) is 22.4 Å². The molecular weight excluding hydrogens is 399 g/mol. The molecule has 0 bridgehead atoms. The van der Waals surface area contributed by atoms with Crippen LogP contribution in [0.1, 0.15) is 17.5 Å². The number of halogens is 4. The van der Waals surface area contributed by atoms with Gasteiger partial charge in [-0.15, -0.1) is 0 Å². The Morgan fingerprint density at radius 1 is 1.28 bits per heavy atom. The third kappa shape index (κ3) is 3.87. The first kappa shape index (κ1) is 17.5. The third-order valence-corrected chi connectivity index (χ3v) is 4.60. The van der Waals surface area contributed by atoms with Gasteiger partial charge in [-0.05, 0) is 34.1 Å². The van der Waals surface area contributed by atoms with Crippen LogP contribution in [0.15, 0.2) is 41.0 Å². The molecule has 1 fully saturated rings. The van der Waals surface area contributed by atoms with E-state index >= 15 is 0 Å². The summed E-state index contributed by atoms with van der Waals surface area (Å²) in [5, 5.41) is 9.31. The Bertz CT molecular complexity index is 802. The van der Waals surface area contributed by atoms with Crippen LogP contribution in [0.5, 0.6) is 5.88 Å². The maximum Gasteiger partial charge on any atom is 0.417 e. The highest BCUT2D eigenvalue weighted by Crippen LogP contribution is 2.31. The Hall–Kier alpha value is -2.27. The van der Waals surface area contributed by atoms with Crippen molar-refractivity contribution in [2.75, 3.05) is 18.0 Å². The molecule has 130 valence electrons. The standard InChI is InChI=1S/C17H13BrF3N3O/c18-14-2-1-3-15(13(14)8-22)24-7-6-12(10-24)25-16-5-4-11(9-23-16)17(19,20)21/h1-5,9,12H,6-7,10H2. The Labute approximate surface area is 151 Å². The Morgan fingerprint density at radius 2 is 2.08 bits per heavy atom. The number of rotatable bonds is 3. The Morgan fingerprint density at radius 3 is 2.72 bits per heavy atom. The number of nitrogens with zero attached hydrogens (tertiary/aromatic N) is 3. The number of anilines is 1. The minimum absolute atomic E-state index is 0.162. The van der Waals surface area contributed by atoms with Crippen LogP contribution in [0.4, 0.5) is 18.9 Å². The average molecular weight is 412 g/mol. The van der Waals surface area contributed by atoms with Gasteiger partial charge in [-0.1, -0.05) is 6.07 Å². The van der Waals surface area contributed by atoms with E-state index in [1.54, 1.807) is 6.07 Å². The second-order valence-corrected chi connectivity index (χ2v) is 6.46. The number of hydrogen-bond acceptors (Lipinski definition) is 4. The van der Waals surface area contributed by atoms with Crippen molar-refractivity contribution in [2.45, 2.75) is 18.7 Å². The second-order valence-electron chi connectivity index (χ2n) is 5.60. The molecule has 0 spiro atoms. The van der Waals surface area contributed by atoms with Crippen molar-refractivity contribution in [3.05, 3.63) is 52.1 Å². The number of nitriles is 1. The van der Waals surface area contributed by atoms with Crippen LogP contribution in [0.2, 0.25) is 0 Å². The number of pyridine rings is 1. The molecule has 1 aromatic carbocycles. The zero-order valence-corrected chi connectivity index (χ0v) is 14.5. The predicted octanol–water partition coefficient (Wildman–Crippen LogP) is 4.39. The van der Waals surface area contributed by atoms with Gasteiger partial charge in [0.1, 0.15) is 12.2 Å². The highest BCUT2D eigenvalue weighted by atomic mass is 79.9. The van der Waals surface area contributed by atoms with Gasteiger partial charge in [-0.25, -0.2) is 4.98 Å². The van der Waals surface area contributed by atoms with E-state index in [0.29, 0.717) is 25.1 Å². The van der Waals surface area contributed by atoms with Crippen molar-refractivity contribution in [1.29, 1.82) is 5.26 Å².